The summed E-state index contributed by atoms with van der Waals surface area (Å²) in [7, 11) is 0. The van der Waals surface area contributed by atoms with Crippen LogP contribution < -0.4 is 51.4 Å². The van der Waals surface area contributed by atoms with Gasteiger partial charge in [-0.15, -0.1) is 0 Å². The third kappa shape index (κ3) is 19.9. The zero-order valence-corrected chi connectivity index (χ0v) is 18.3. The van der Waals surface area contributed by atoms with Crippen molar-refractivity contribution in [3.8, 4) is 0 Å². The van der Waals surface area contributed by atoms with Crippen LogP contribution in [-0.4, -0.2) is 120 Å². The SMILES string of the molecule is O=C(O)CN(CCOCCOCCN(CC(=O)O)CC(=O)O)CC(=O)O.[K+]. The van der Waals surface area contributed by atoms with Crippen molar-refractivity contribution in [2.24, 2.45) is 0 Å². The third-order valence-corrected chi connectivity index (χ3v) is 2.91. The molecular weight excluding hydrogens is 395 g/mol. The summed E-state index contributed by atoms with van der Waals surface area (Å²) in [6, 6.07) is 0. The molecule has 0 saturated carbocycles. The number of hydrogen-bond donors (Lipinski definition) is 4. The van der Waals surface area contributed by atoms with E-state index in [-0.39, 0.29) is 90.9 Å². The molecule has 0 aliphatic carbocycles. The van der Waals surface area contributed by atoms with Crippen molar-refractivity contribution < 1.29 is 100 Å². The van der Waals surface area contributed by atoms with Crippen LogP contribution in [-0.2, 0) is 28.7 Å². The molecule has 0 aliphatic rings. The maximum Gasteiger partial charge on any atom is 1.00 e. The molecule has 12 nitrogen and oxygen atoms in total. The van der Waals surface area contributed by atoms with Crippen molar-refractivity contribution in [1.29, 1.82) is 0 Å². The molecule has 0 aliphatic heterocycles. The number of ether oxygens (including phenoxy) is 2. The summed E-state index contributed by atoms with van der Waals surface area (Å²) >= 11 is 0. The molecule has 0 fully saturated rings. The summed E-state index contributed by atoms with van der Waals surface area (Å²) < 4.78 is 10.4. The summed E-state index contributed by atoms with van der Waals surface area (Å²) in [5.41, 5.74) is 0. The van der Waals surface area contributed by atoms with Gasteiger partial charge in [-0.1, -0.05) is 0 Å². The molecule has 0 radical (unpaired) electrons. The number of aliphatic carboxylic acids is 4. The monoisotopic (exact) mass is 419 g/mol. The van der Waals surface area contributed by atoms with Crippen LogP contribution in [0.2, 0.25) is 0 Å². The maximum absolute atomic E-state index is 10.6. The van der Waals surface area contributed by atoms with Crippen molar-refractivity contribution in [3.63, 3.8) is 0 Å². The second-order valence-electron chi connectivity index (χ2n) is 5.22. The van der Waals surface area contributed by atoms with E-state index in [0.717, 1.165) is 0 Å². The van der Waals surface area contributed by atoms with E-state index in [1.165, 1.54) is 9.80 Å². The van der Waals surface area contributed by atoms with Gasteiger partial charge in [0.05, 0.1) is 52.6 Å². The molecule has 0 saturated heterocycles. The average molecular weight is 419 g/mol. The number of carbonyl (C=O) groups is 4. The first-order chi connectivity index (χ1) is 12.2. The first-order valence-corrected chi connectivity index (χ1v) is 7.68. The Morgan fingerprint density at radius 1 is 0.556 bits per heavy atom. The fourth-order valence-electron chi connectivity index (χ4n) is 1.90. The van der Waals surface area contributed by atoms with Gasteiger partial charge in [-0.2, -0.15) is 0 Å². The van der Waals surface area contributed by atoms with Gasteiger partial charge in [0.25, 0.3) is 0 Å². The molecule has 0 amide bonds. The summed E-state index contributed by atoms with van der Waals surface area (Å²) in [6.45, 7) is -0.790. The number of nitrogens with zero attached hydrogens (tertiary/aromatic N) is 2. The molecular formula is C14H24KN2O10+. The Bertz CT molecular complexity index is 403. The van der Waals surface area contributed by atoms with Crippen LogP contribution in [0, 0.1) is 0 Å². The minimum absolute atomic E-state index is 0. The van der Waals surface area contributed by atoms with E-state index >= 15 is 0 Å². The second kappa shape index (κ2) is 17.5. The van der Waals surface area contributed by atoms with Crippen molar-refractivity contribution >= 4 is 23.9 Å². The number of carboxylic acid groups (broad SMARTS) is 4. The smallest absolute Gasteiger partial charge is 0.480 e. The summed E-state index contributed by atoms with van der Waals surface area (Å²) in [6.07, 6.45) is 0. The van der Waals surface area contributed by atoms with Crippen LogP contribution in [0.1, 0.15) is 0 Å². The topological polar surface area (TPSA) is 174 Å². The third-order valence-electron chi connectivity index (χ3n) is 2.91. The molecule has 0 aromatic rings. The second-order valence-corrected chi connectivity index (χ2v) is 5.22. The first kappa shape index (κ1) is 28.6. The van der Waals surface area contributed by atoms with Gasteiger partial charge in [0.1, 0.15) is 0 Å². The standard InChI is InChI=1S/C14H24N2O10.K/c17-11(18)7-15(8-12(19)20)1-3-25-5-6-26-4-2-16(9-13(21)22)10-14(23)24;/h1-10H2,(H,17,18)(H,19,20)(H,21,22)(H,23,24);/q;+1. The Kier molecular flexibility index (Phi) is 18.5. The quantitative estimate of drug-likeness (QED) is 0.131. The molecule has 0 aromatic heterocycles. The van der Waals surface area contributed by atoms with Gasteiger partial charge in [-0.05, 0) is 0 Å². The summed E-state index contributed by atoms with van der Waals surface area (Å²) in [4.78, 5) is 44.9. The predicted octanol–water partition coefficient (Wildman–Crippen LogP) is -5.03. The van der Waals surface area contributed by atoms with E-state index in [2.05, 4.69) is 0 Å². The number of hydrogen-bond acceptors (Lipinski definition) is 8. The van der Waals surface area contributed by atoms with E-state index in [0.29, 0.717) is 0 Å². The van der Waals surface area contributed by atoms with E-state index in [9.17, 15) is 19.2 Å². The first-order valence-electron chi connectivity index (χ1n) is 7.68. The maximum atomic E-state index is 10.6. The molecule has 0 heterocycles. The molecule has 0 bridgehead atoms. The van der Waals surface area contributed by atoms with Crippen LogP contribution in [0.15, 0.2) is 0 Å². The van der Waals surface area contributed by atoms with Crippen LogP contribution in [0.4, 0.5) is 0 Å². The zero-order chi connectivity index (χ0) is 19.9. The van der Waals surface area contributed by atoms with Gasteiger partial charge in [-0.25, -0.2) is 0 Å². The Balaban J connectivity index is 0. The molecule has 13 heteroatoms. The van der Waals surface area contributed by atoms with E-state index in [1.54, 1.807) is 0 Å². The number of carboxylic acids is 4. The average Bonchev–Trinajstić information content (AvgIpc) is 2.47. The predicted molar refractivity (Wildman–Crippen MR) is 85.1 cm³/mol. The molecule has 0 rings (SSSR count). The Morgan fingerprint density at radius 2 is 0.815 bits per heavy atom. The van der Waals surface area contributed by atoms with Crippen molar-refractivity contribution in [2.75, 3.05) is 65.7 Å². The van der Waals surface area contributed by atoms with Crippen LogP contribution in [0.3, 0.4) is 0 Å². The molecule has 150 valence electrons. The molecule has 27 heavy (non-hydrogen) atoms. The molecule has 0 atom stereocenters. The zero-order valence-electron chi connectivity index (χ0n) is 15.2. The minimum atomic E-state index is -1.14. The fourth-order valence-corrected chi connectivity index (χ4v) is 1.90. The van der Waals surface area contributed by atoms with Gasteiger partial charge in [0.2, 0.25) is 0 Å². The van der Waals surface area contributed by atoms with Gasteiger partial charge >= 0.3 is 75.3 Å². The molecule has 4 N–H and O–H groups in total. The van der Waals surface area contributed by atoms with Gasteiger partial charge in [-0.3, -0.25) is 29.0 Å². The number of rotatable bonds is 17. The molecule has 0 aromatic carbocycles. The summed E-state index contributed by atoms with van der Waals surface area (Å²) in [5.74, 6) is -4.55. The van der Waals surface area contributed by atoms with Crippen LogP contribution in [0.25, 0.3) is 0 Å². The van der Waals surface area contributed by atoms with Crippen LogP contribution in [0.5, 0.6) is 0 Å². The molecule has 0 unspecified atom stereocenters. The van der Waals surface area contributed by atoms with Gasteiger partial charge < -0.3 is 29.9 Å². The Morgan fingerprint density at radius 3 is 1.04 bits per heavy atom. The largest absolute Gasteiger partial charge is 1.00 e. The molecule has 0 spiro atoms. The van der Waals surface area contributed by atoms with Crippen molar-refractivity contribution in [1.82, 2.24) is 9.80 Å². The van der Waals surface area contributed by atoms with Crippen molar-refractivity contribution in [3.05, 3.63) is 0 Å². The van der Waals surface area contributed by atoms with E-state index in [1.807, 2.05) is 0 Å². The fraction of sp³-hybridized carbons (Fsp3) is 0.714. The van der Waals surface area contributed by atoms with E-state index < -0.39 is 50.1 Å². The summed E-state index contributed by atoms with van der Waals surface area (Å²) in [5, 5.41) is 34.7. The minimum Gasteiger partial charge on any atom is -0.480 e. The van der Waals surface area contributed by atoms with E-state index in [4.69, 9.17) is 29.9 Å². The van der Waals surface area contributed by atoms with Crippen molar-refractivity contribution in [2.45, 2.75) is 0 Å². The van der Waals surface area contributed by atoms with Gasteiger partial charge in [0.15, 0.2) is 0 Å². The van der Waals surface area contributed by atoms with Crippen LogP contribution >= 0.6 is 0 Å². The normalized spacial score (nSPS) is 10.6. The Labute approximate surface area is 198 Å². The Hall–Kier alpha value is -0.644. The van der Waals surface area contributed by atoms with Gasteiger partial charge in [0, 0.05) is 13.1 Å².